The second-order valence-corrected chi connectivity index (χ2v) is 10.2. The molecule has 0 nitrogen and oxygen atoms in total. The molecule has 0 amide bonds. The molecule has 1 unspecified atom stereocenters. The fraction of sp³-hybridized carbons (Fsp3) is 0.548. The Kier molecular flexibility index (Phi) is 8.06. The molecule has 0 radical (unpaired) electrons. The number of aryl methyl sites for hydroxylation is 2. The first-order chi connectivity index (χ1) is 15.3. The minimum Gasteiger partial charge on any atom is -0.0917 e. The van der Waals surface area contributed by atoms with E-state index in [1.807, 2.05) is 0 Å². The number of benzene rings is 2. The van der Waals surface area contributed by atoms with Crippen LogP contribution in [0, 0.1) is 17.8 Å². The molecule has 166 valence electrons. The number of rotatable bonds is 8. The largest absolute Gasteiger partial charge is 0.0917 e. The van der Waals surface area contributed by atoms with Crippen LogP contribution in [0.25, 0.3) is 11.1 Å². The first-order valence-corrected chi connectivity index (χ1v) is 13.1. The van der Waals surface area contributed by atoms with Gasteiger partial charge in [0.25, 0.3) is 0 Å². The maximum absolute atomic E-state index is 2.49. The second kappa shape index (κ2) is 11.2. The van der Waals surface area contributed by atoms with Gasteiger partial charge in [0, 0.05) is 0 Å². The van der Waals surface area contributed by atoms with Gasteiger partial charge in [0.1, 0.15) is 0 Å². The van der Waals surface area contributed by atoms with Crippen molar-refractivity contribution in [2.75, 3.05) is 0 Å². The highest BCUT2D eigenvalue weighted by Gasteiger charge is 2.30. The third-order valence-electron chi connectivity index (χ3n) is 8.11. The molecule has 0 aromatic heterocycles. The van der Waals surface area contributed by atoms with Gasteiger partial charge in [0.2, 0.25) is 0 Å². The predicted molar refractivity (Wildman–Crippen MR) is 136 cm³/mol. The van der Waals surface area contributed by atoms with Crippen LogP contribution >= 0.6 is 0 Å². The van der Waals surface area contributed by atoms with Crippen molar-refractivity contribution in [1.29, 1.82) is 0 Å². The van der Waals surface area contributed by atoms with E-state index in [9.17, 15) is 0 Å². The average Bonchev–Trinajstić information content (AvgIpc) is 2.83. The van der Waals surface area contributed by atoms with E-state index in [1.165, 1.54) is 93.7 Å². The van der Waals surface area contributed by atoms with Crippen LogP contribution in [0.5, 0.6) is 0 Å². The number of allylic oxidation sites excluding steroid dienone is 2. The van der Waals surface area contributed by atoms with E-state index in [0.29, 0.717) is 0 Å². The smallest absolute Gasteiger partial charge is 0.0181 e. The molecule has 2 aromatic rings. The quantitative estimate of drug-likeness (QED) is 0.378. The van der Waals surface area contributed by atoms with Gasteiger partial charge in [-0.05, 0) is 110 Å². The summed E-state index contributed by atoms with van der Waals surface area (Å²) in [5.41, 5.74) is 7.50. The third-order valence-corrected chi connectivity index (χ3v) is 8.11. The fourth-order valence-corrected chi connectivity index (χ4v) is 6.06. The molecule has 2 aromatic carbocycles. The third kappa shape index (κ3) is 5.91. The van der Waals surface area contributed by atoms with Crippen molar-refractivity contribution in [2.45, 2.75) is 90.9 Å². The second-order valence-electron chi connectivity index (χ2n) is 10.2. The van der Waals surface area contributed by atoms with Crippen LogP contribution in [0.15, 0.2) is 54.6 Å². The molecule has 1 fully saturated rings. The SMILES string of the molecule is C/C=C/CCC1CCC(C2CCc3cc(-c4ccc(CCCC)cc4)ccc3C2)CC1. The zero-order chi connectivity index (χ0) is 21.5. The van der Waals surface area contributed by atoms with Gasteiger partial charge in [-0.2, -0.15) is 0 Å². The van der Waals surface area contributed by atoms with Crippen molar-refractivity contribution in [2.24, 2.45) is 17.8 Å². The summed E-state index contributed by atoms with van der Waals surface area (Å²) < 4.78 is 0. The predicted octanol–water partition coefficient (Wildman–Crippen LogP) is 8.96. The van der Waals surface area contributed by atoms with E-state index >= 15 is 0 Å². The molecular weight excluding hydrogens is 372 g/mol. The molecule has 1 atom stereocenters. The Morgan fingerprint density at radius 2 is 1.61 bits per heavy atom. The van der Waals surface area contributed by atoms with Crippen LogP contribution in [-0.4, -0.2) is 0 Å². The standard InChI is InChI=1S/C31H42/c1-3-5-7-9-25-12-16-27(17-13-25)29-19-21-30-22-28(18-20-31(30)23-29)26-14-10-24(11-15-26)8-6-4-2/h3,5,10-11,14-15,18,20,22,25,27,29H,4,6-9,12-13,16-17,19,21,23H2,1-2H3/b5-3+. The molecule has 0 aliphatic heterocycles. The molecule has 0 N–H and O–H groups in total. The van der Waals surface area contributed by atoms with Crippen molar-refractivity contribution < 1.29 is 0 Å². The fourth-order valence-electron chi connectivity index (χ4n) is 6.06. The Morgan fingerprint density at radius 3 is 2.35 bits per heavy atom. The number of hydrogen-bond acceptors (Lipinski definition) is 0. The molecule has 2 aliphatic rings. The Balaban J connectivity index is 1.33. The van der Waals surface area contributed by atoms with Crippen molar-refractivity contribution in [3.8, 4) is 11.1 Å². The summed E-state index contributed by atoms with van der Waals surface area (Å²) in [5, 5.41) is 0. The lowest BCUT2D eigenvalue weighted by Gasteiger charge is -2.36. The maximum Gasteiger partial charge on any atom is -0.0181 e. The van der Waals surface area contributed by atoms with Crippen LogP contribution in [0.3, 0.4) is 0 Å². The first-order valence-electron chi connectivity index (χ1n) is 13.1. The van der Waals surface area contributed by atoms with E-state index in [-0.39, 0.29) is 0 Å². The van der Waals surface area contributed by atoms with Crippen LogP contribution in [0.2, 0.25) is 0 Å². The highest BCUT2D eigenvalue weighted by molar-refractivity contribution is 5.65. The summed E-state index contributed by atoms with van der Waals surface area (Å²) in [6.45, 7) is 4.41. The average molecular weight is 415 g/mol. The summed E-state index contributed by atoms with van der Waals surface area (Å²) in [6.07, 6.45) is 20.9. The summed E-state index contributed by atoms with van der Waals surface area (Å²) in [4.78, 5) is 0. The van der Waals surface area contributed by atoms with Gasteiger partial charge in [-0.25, -0.2) is 0 Å². The normalized spacial score (nSPS) is 23.7. The molecule has 31 heavy (non-hydrogen) atoms. The zero-order valence-corrected chi connectivity index (χ0v) is 19.9. The highest BCUT2D eigenvalue weighted by atomic mass is 14.3. The summed E-state index contributed by atoms with van der Waals surface area (Å²) in [7, 11) is 0. The van der Waals surface area contributed by atoms with Gasteiger partial charge in [-0.3, -0.25) is 0 Å². The lowest BCUT2D eigenvalue weighted by molar-refractivity contribution is 0.185. The Labute approximate surface area is 191 Å². The minimum atomic E-state index is 0.924. The number of hydrogen-bond donors (Lipinski definition) is 0. The van der Waals surface area contributed by atoms with Crippen molar-refractivity contribution in [3.05, 3.63) is 71.3 Å². The summed E-state index contributed by atoms with van der Waals surface area (Å²) >= 11 is 0. The first kappa shape index (κ1) is 22.4. The molecule has 2 aliphatic carbocycles. The molecule has 4 rings (SSSR count). The van der Waals surface area contributed by atoms with E-state index in [0.717, 1.165) is 17.8 Å². The molecule has 0 heteroatoms. The van der Waals surface area contributed by atoms with Crippen molar-refractivity contribution >= 4 is 0 Å². The maximum atomic E-state index is 2.49. The monoisotopic (exact) mass is 414 g/mol. The van der Waals surface area contributed by atoms with E-state index < -0.39 is 0 Å². The zero-order valence-electron chi connectivity index (χ0n) is 19.9. The Bertz CT molecular complexity index is 833. The van der Waals surface area contributed by atoms with Gasteiger partial charge in [0.15, 0.2) is 0 Å². The van der Waals surface area contributed by atoms with Crippen LogP contribution in [0.1, 0.15) is 88.3 Å². The molecule has 0 bridgehead atoms. The summed E-state index contributed by atoms with van der Waals surface area (Å²) in [5.74, 6) is 2.88. The topological polar surface area (TPSA) is 0 Å². The van der Waals surface area contributed by atoms with Gasteiger partial charge < -0.3 is 0 Å². The lowest BCUT2D eigenvalue weighted by Crippen LogP contribution is -2.26. The molecular formula is C31H42. The Morgan fingerprint density at radius 1 is 0.839 bits per heavy atom. The van der Waals surface area contributed by atoms with E-state index in [2.05, 4.69) is 68.5 Å². The van der Waals surface area contributed by atoms with Gasteiger partial charge in [-0.15, -0.1) is 0 Å². The summed E-state index contributed by atoms with van der Waals surface area (Å²) in [6, 6.07) is 16.6. The van der Waals surface area contributed by atoms with Gasteiger partial charge in [-0.1, -0.05) is 80.8 Å². The van der Waals surface area contributed by atoms with Crippen molar-refractivity contribution in [3.63, 3.8) is 0 Å². The van der Waals surface area contributed by atoms with Crippen LogP contribution in [0.4, 0.5) is 0 Å². The van der Waals surface area contributed by atoms with Crippen LogP contribution < -0.4 is 0 Å². The van der Waals surface area contributed by atoms with E-state index in [1.54, 1.807) is 11.1 Å². The minimum absolute atomic E-state index is 0.924. The molecule has 0 saturated heterocycles. The molecule has 0 heterocycles. The number of fused-ring (bicyclic) bond motifs is 1. The van der Waals surface area contributed by atoms with E-state index in [4.69, 9.17) is 0 Å². The molecule has 0 spiro atoms. The van der Waals surface area contributed by atoms with Gasteiger partial charge in [0.05, 0.1) is 0 Å². The van der Waals surface area contributed by atoms with Crippen molar-refractivity contribution in [1.82, 2.24) is 0 Å². The van der Waals surface area contributed by atoms with Crippen LogP contribution in [-0.2, 0) is 19.3 Å². The number of unbranched alkanes of at least 4 members (excludes halogenated alkanes) is 1. The van der Waals surface area contributed by atoms with Gasteiger partial charge >= 0.3 is 0 Å². The Hall–Kier alpha value is -1.82. The lowest BCUT2D eigenvalue weighted by atomic mass is 9.69. The highest BCUT2D eigenvalue weighted by Crippen LogP contribution is 2.41. The molecule has 1 saturated carbocycles.